The number of hydrogen-bond donors (Lipinski definition) is 1. The van der Waals surface area contributed by atoms with Crippen molar-refractivity contribution < 1.29 is 4.39 Å². The summed E-state index contributed by atoms with van der Waals surface area (Å²) >= 11 is 0. The van der Waals surface area contributed by atoms with Gasteiger partial charge in [-0.1, -0.05) is 6.07 Å². The van der Waals surface area contributed by atoms with Crippen LogP contribution in [0, 0.1) is 11.7 Å². The average molecular weight is 388 g/mol. The Morgan fingerprint density at radius 1 is 1.20 bits per heavy atom. The van der Waals surface area contributed by atoms with Gasteiger partial charge >= 0.3 is 0 Å². The first kappa shape index (κ1) is 20.1. The van der Waals surface area contributed by atoms with Gasteiger partial charge in [-0.2, -0.15) is 5.10 Å². The predicted molar refractivity (Wildman–Crippen MR) is 100 cm³/mol. The molecule has 25 heavy (non-hydrogen) atoms. The Labute approximate surface area is 159 Å². The van der Waals surface area contributed by atoms with Crippen LogP contribution in [0.2, 0.25) is 0 Å². The molecule has 1 aliphatic heterocycles. The third-order valence-corrected chi connectivity index (χ3v) is 4.82. The highest BCUT2D eigenvalue weighted by atomic mass is 35.5. The summed E-state index contributed by atoms with van der Waals surface area (Å²) in [5.41, 5.74) is 1.39. The van der Waals surface area contributed by atoms with E-state index in [0.717, 1.165) is 24.1 Å². The summed E-state index contributed by atoms with van der Waals surface area (Å²) in [6, 6.07) is 6.15. The van der Waals surface area contributed by atoms with E-state index in [1.54, 1.807) is 12.1 Å². The van der Waals surface area contributed by atoms with Crippen LogP contribution in [0.5, 0.6) is 0 Å². The summed E-state index contributed by atoms with van der Waals surface area (Å²) in [4.78, 5) is 6.47. The summed E-state index contributed by atoms with van der Waals surface area (Å²) in [6.45, 7) is 4.18. The Bertz CT molecular complexity index is 663. The van der Waals surface area contributed by atoms with Crippen molar-refractivity contribution in [2.24, 2.45) is 5.92 Å². The Morgan fingerprint density at radius 2 is 2.04 bits per heavy atom. The third-order valence-electron chi connectivity index (χ3n) is 4.82. The van der Waals surface area contributed by atoms with Crippen LogP contribution in [0.4, 0.5) is 4.39 Å². The smallest absolute Gasteiger partial charge is 0.149 e. The van der Waals surface area contributed by atoms with Gasteiger partial charge in [0.15, 0.2) is 0 Å². The van der Waals surface area contributed by atoms with E-state index in [1.807, 2.05) is 6.07 Å². The van der Waals surface area contributed by atoms with Crippen molar-refractivity contribution in [3.8, 4) is 5.69 Å². The molecule has 1 saturated heterocycles. The van der Waals surface area contributed by atoms with Gasteiger partial charge in [-0.15, -0.1) is 24.8 Å². The van der Waals surface area contributed by atoms with Gasteiger partial charge in [-0.3, -0.25) is 0 Å². The van der Waals surface area contributed by atoms with E-state index in [0.29, 0.717) is 12.2 Å². The minimum Gasteiger partial charge on any atom is -0.312 e. The minimum absolute atomic E-state index is 0. The first-order chi connectivity index (χ1) is 11.3. The van der Waals surface area contributed by atoms with Crippen molar-refractivity contribution in [1.29, 1.82) is 0 Å². The van der Waals surface area contributed by atoms with Gasteiger partial charge < -0.3 is 10.2 Å². The van der Waals surface area contributed by atoms with Crippen molar-refractivity contribution in [3.63, 3.8) is 0 Å². The molecule has 1 atom stereocenters. The summed E-state index contributed by atoms with van der Waals surface area (Å²) in [5.74, 6) is 0.463. The molecule has 4 rings (SSSR count). The summed E-state index contributed by atoms with van der Waals surface area (Å²) in [6.07, 6.45) is 6.96. The summed E-state index contributed by atoms with van der Waals surface area (Å²) in [5, 5.41) is 7.44. The van der Waals surface area contributed by atoms with E-state index in [2.05, 4.69) is 20.3 Å². The van der Waals surface area contributed by atoms with Crippen molar-refractivity contribution >= 4 is 24.8 Å². The van der Waals surface area contributed by atoms with Crippen LogP contribution in [0.1, 0.15) is 24.8 Å². The largest absolute Gasteiger partial charge is 0.312 e. The zero-order valence-electron chi connectivity index (χ0n) is 14.0. The van der Waals surface area contributed by atoms with E-state index >= 15 is 0 Å². The Balaban J connectivity index is 0.00000113. The lowest BCUT2D eigenvalue weighted by molar-refractivity contribution is 0.312. The van der Waals surface area contributed by atoms with Crippen molar-refractivity contribution in [2.45, 2.75) is 31.8 Å². The molecule has 0 radical (unpaired) electrons. The van der Waals surface area contributed by atoms with Gasteiger partial charge in [-0.25, -0.2) is 14.1 Å². The highest BCUT2D eigenvalue weighted by molar-refractivity contribution is 5.85. The predicted octanol–water partition coefficient (Wildman–Crippen LogP) is 2.82. The molecule has 1 aromatic heterocycles. The van der Waals surface area contributed by atoms with E-state index < -0.39 is 0 Å². The molecule has 2 aromatic rings. The van der Waals surface area contributed by atoms with E-state index in [-0.39, 0.29) is 30.6 Å². The van der Waals surface area contributed by atoms with E-state index in [1.165, 1.54) is 49.7 Å². The number of rotatable bonds is 6. The lowest BCUT2D eigenvalue weighted by Crippen LogP contribution is -2.27. The fourth-order valence-electron chi connectivity index (χ4n) is 3.40. The molecular formula is C17H24Cl2FN5. The molecule has 5 nitrogen and oxygen atoms in total. The highest BCUT2D eigenvalue weighted by Gasteiger charge is 2.33. The molecule has 0 amide bonds. The number of likely N-dealkylation sites (tertiary alicyclic amines) is 1. The monoisotopic (exact) mass is 387 g/mol. The van der Waals surface area contributed by atoms with Gasteiger partial charge in [0.25, 0.3) is 0 Å². The van der Waals surface area contributed by atoms with Crippen molar-refractivity contribution in [3.05, 3.63) is 42.2 Å². The molecule has 2 heterocycles. The Morgan fingerprint density at radius 3 is 2.72 bits per heavy atom. The molecule has 1 aromatic carbocycles. The van der Waals surface area contributed by atoms with Crippen LogP contribution in [0.15, 0.2) is 30.9 Å². The molecule has 2 fully saturated rings. The third kappa shape index (κ3) is 4.91. The minimum atomic E-state index is -0.268. The standard InChI is InChI=1S/C17H22FN5.2ClH/c18-16-7-13(1-4-17(16)23-12-20-11-21-23)8-19-9-14-5-6-22(10-14)15-2-3-15;;/h1,4,7,11-12,14-15,19H,2-3,5-6,8-10H2;2*1H. The van der Waals surface area contributed by atoms with Gasteiger partial charge in [0.1, 0.15) is 24.2 Å². The molecule has 1 N–H and O–H groups in total. The lowest BCUT2D eigenvalue weighted by atomic mass is 10.1. The van der Waals surface area contributed by atoms with Crippen molar-refractivity contribution in [1.82, 2.24) is 25.0 Å². The summed E-state index contributed by atoms with van der Waals surface area (Å²) < 4.78 is 15.6. The maximum absolute atomic E-state index is 14.2. The molecule has 1 saturated carbocycles. The molecule has 0 bridgehead atoms. The summed E-state index contributed by atoms with van der Waals surface area (Å²) in [7, 11) is 0. The van der Waals surface area contributed by atoms with E-state index in [4.69, 9.17) is 0 Å². The molecule has 1 aliphatic carbocycles. The van der Waals surface area contributed by atoms with Crippen LogP contribution >= 0.6 is 24.8 Å². The van der Waals surface area contributed by atoms with Crippen LogP contribution < -0.4 is 5.32 Å². The van der Waals surface area contributed by atoms with E-state index in [9.17, 15) is 4.39 Å². The lowest BCUT2D eigenvalue weighted by Gasteiger charge is -2.15. The van der Waals surface area contributed by atoms with Crippen LogP contribution in [0.3, 0.4) is 0 Å². The van der Waals surface area contributed by atoms with Gasteiger partial charge in [0.2, 0.25) is 0 Å². The molecular weight excluding hydrogens is 364 g/mol. The second-order valence-electron chi connectivity index (χ2n) is 6.64. The first-order valence-corrected chi connectivity index (χ1v) is 8.38. The number of halogens is 3. The number of nitrogens with one attached hydrogen (secondary N) is 1. The number of aromatic nitrogens is 3. The topological polar surface area (TPSA) is 46.0 Å². The molecule has 8 heteroatoms. The number of nitrogens with zero attached hydrogens (tertiary/aromatic N) is 4. The van der Waals surface area contributed by atoms with Crippen molar-refractivity contribution in [2.75, 3.05) is 19.6 Å². The normalized spacial score (nSPS) is 20.1. The zero-order valence-corrected chi connectivity index (χ0v) is 15.6. The van der Waals surface area contributed by atoms with Gasteiger partial charge in [-0.05, 0) is 56.0 Å². The molecule has 0 spiro atoms. The second kappa shape index (κ2) is 8.94. The molecule has 138 valence electrons. The SMILES string of the molecule is Cl.Cl.Fc1cc(CNCC2CCN(C3CC3)C2)ccc1-n1cncn1. The van der Waals surface area contributed by atoms with Gasteiger partial charge in [0, 0.05) is 19.1 Å². The number of benzene rings is 1. The Hall–Kier alpha value is -1.21. The molecule has 2 aliphatic rings. The van der Waals surface area contributed by atoms with Crippen LogP contribution in [0.25, 0.3) is 5.69 Å². The molecule has 1 unspecified atom stereocenters. The quantitative estimate of drug-likeness (QED) is 0.827. The fourth-order valence-corrected chi connectivity index (χ4v) is 3.40. The average Bonchev–Trinajstić information content (AvgIpc) is 3.07. The number of hydrogen-bond acceptors (Lipinski definition) is 4. The Kier molecular flexibility index (Phi) is 7.19. The van der Waals surface area contributed by atoms with Crippen LogP contribution in [-0.4, -0.2) is 45.3 Å². The second-order valence-corrected chi connectivity index (χ2v) is 6.64. The fraction of sp³-hybridized carbons (Fsp3) is 0.529. The first-order valence-electron chi connectivity index (χ1n) is 8.38. The van der Waals surface area contributed by atoms with Gasteiger partial charge in [0.05, 0.1) is 0 Å². The highest BCUT2D eigenvalue weighted by Crippen LogP contribution is 2.31. The van der Waals surface area contributed by atoms with Crippen LogP contribution in [-0.2, 0) is 6.54 Å². The zero-order chi connectivity index (χ0) is 15.6. The maximum atomic E-state index is 14.2. The maximum Gasteiger partial charge on any atom is 0.149 e.